The number of nitrogens with two attached hydrogens (primary N) is 1. The van der Waals surface area contributed by atoms with Crippen molar-refractivity contribution in [3.63, 3.8) is 0 Å². The van der Waals surface area contributed by atoms with Crippen LogP contribution >= 0.6 is 0 Å². The van der Waals surface area contributed by atoms with Gasteiger partial charge in [0, 0.05) is 6.04 Å². The summed E-state index contributed by atoms with van der Waals surface area (Å²) in [5.41, 5.74) is 11.5. The number of aryl methyl sites for hydroxylation is 3. The molecule has 0 saturated carbocycles. The molecule has 1 unspecified atom stereocenters. The van der Waals surface area contributed by atoms with Gasteiger partial charge in [-0.15, -0.1) is 6.58 Å². The van der Waals surface area contributed by atoms with Gasteiger partial charge in [-0.2, -0.15) is 0 Å². The van der Waals surface area contributed by atoms with Crippen molar-refractivity contribution in [2.45, 2.75) is 46.1 Å². The van der Waals surface area contributed by atoms with Crippen molar-refractivity contribution < 1.29 is 0 Å². The second-order valence-electron chi connectivity index (χ2n) is 4.64. The summed E-state index contributed by atoms with van der Waals surface area (Å²) in [5.74, 6) is 0. The molecule has 0 saturated heterocycles. The predicted molar refractivity (Wildman–Crippen MR) is 71.6 cm³/mol. The van der Waals surface area contributed by atoms with Crippen LogP contribution in [0.25, 0.3) is 0 Å². The number of rotatable bonds is 5. The van der Waals surface area contributed by atoms with E-state index >= 15 is 0 Å². The second-order valence-corrected chi connectivity index (χ2v) is 4.64. The van der Waals surface area contributed by atoms with Crippen LogP contribution in [0.4, 0.5) is 0 Å². The Hall–Kier alpha value is -1.08. The van der Waals surface area contributed by atoms with Crippen molar-refractivity contribution in [3.8, 4) is 0 Å². The quantitative estimate of drug-likeness (QED) is 0.586. The molecule has 0 heterocycles. The lowest BCUT2D eigenvalue weighted by molar-refractivity contribution is 0.611. The molecule has 1 aromatic carbocycles. The Kier molecular flexibility index (Phi) is 4.75. The minimum atomic E-state index is 0.167. The Balaban J connectivity index is 2.82. The molecule has 0 aliphatic rings. The van der Waals surface area contributed by atoms with E-state index in [0.29, 0.717) is 0 Å². The normalized spacial score (nSPS) is 12.5. The Morgan fingerprint density at radius 3 is 2.31 bits per heavy atom. The van der Waals surface area contributed by atoms with Gasteiger partial charge in [-0.1, -0.05) is 23.8 Å². The van der Waals surface area contributed by atoms with E-state index in [4.69, 9.17) is 5.73 Å². The molecule has 0 fully saturated rings. The molecular formula is C15H23N. The highest BCUT2D eigenvalue weighted by molar-refractivity contribution is 5.39. The molecule has 0 radical (unpaired) electrons. The zero-order valence-corrected chi connectivity index (χ0v) is 10.7. The van der Waals surface area contributed by atoms with Gasteiger partial charge in [0.15, 0.2) is 0 Å². The summed E-state index contributed by atoms with van der Waals surface area (Å²) in [7, 11) is 0. The molecule has 2 N–H and O–H groups in total. The third-order valence-corrected chi connectivity index (χ3v) is 3.03. The molecule has 0 bridgehead atoms. The van der Waals surface area contributed by atoms with E-state index in [1.807, 2.05) is 6.08 Å². The fourth-order valence-corrected chi connectivity index (χ4v) is 2.40. The number of hydrogen-bond donors (Lipinski definition) is 1. The van der Waals surface area contributed by atoms with E-state index in [2.05, 4.69) is 39.5 Å². The number of benzene rings is 1. The van der Waals surface area contributed by atoms with E-state index in [9.17, 15) is 0 Å². The van der Waals surface area contributed by atoms with Crippen LogP contribution in [-0.2, 0) is 0 Å². The number of allylic oxidation sites excluding steroid dienone is 1. The average molecular weight is 217 g/mol. The topological polar surface area (TPSA) is 26.0 Å². The monoisotopic (exact) mass is 217 g/mol. The first-order chi connectivity index (χ1) is 7.56. The van der Waals surface area contributed by atoms with Gasteiger partial charge >= 0.3 is 0 Å². The molecule has 16 heavy (non-hydrogen) atoms. The molecule has 1 nitrogen and oxygen atoms in total. The third-order valence-electron chi connectivity index (χ3n) is 3.03. The summed E-state index contributed by atoms with van der Waals surface area (Å²) < 4.78 is 0. The fraction of sp³-hybridized carbons (Fsp3) is 0.467. The van der Waals surface area contributed by atoms with Crippen molar-refractivity contribution >= 4 is 0 Å². The molecule has 1 atom stereocenters. The molecule has 1 rings (SSSR count). The van der Waals surface area contributed by atoms with Crippen LogP contribution < -0.4 is 5.73 Å². The minimum absolute atomic E-state index is 0.167. The Bertz CT molecular complexity index is 343. The van der Waals surface area contributed by atoms with Gasteiger partial charge in [-0.3, -0.25) is 0 Å². The van der Waals surface area contributed by atoms with E-state index in [-0.39, 0.29) is 6.04 Å². The second kappa shape index (κ2) is 5.86. The zero-order valence-electron chi connectivity index (χ0n) is 10.7. The van der Waals surface area contributed by atoms with Crippen LogP contribution in [0.2, 0.25) is 0 Å². The van der Waals surface area contributed by atoms with Crippen LogP contribution in [-0.4, -0.2) is 0 Å². The Morgan fingerprint density at radius 1 is 1.25 bits per heavy atom. The van der Waals surface area contributed by atoms with Crippen molar-refractivity contribution in [3.05, 3.63) is 47.0 Å². The van der Waals surface area contributed by atoms with Gasteiger partial charge in [-0.05, 0) is 56.7 Å². The highest BCUT2D eigenvalue weighted by atomic mass is 14.6. The minimum Gasteiger partial charge on any atom is -0.324 e. The third kappa shape index (κ3) is 3.21. The van der Waals surface area contributed by atoms with Gasteiger partial charge in [-0.25, -0.2) is 0 Å². The van der Waals surface area contributed by atoms with Gasteiger partial charge < -0.3 is 5.73 Å². The zero-order chi connectivity index (χ0) is 12.1. The van der Waals surface area contributed by atoms with Gasteiger partial charge in [0.1, 0.15) is 0 Å². The highest BCUT2D eigenvalue weighted by Gasteiger charge is 2.11. The smallest absolute Gasteiger partial charge is 0.0300 e. The Labute approximate surface area is 99.4 Å². The summed E-state index contributed by atoms with van der Waals surface area (Å²) in [4.78, 5) is 0. The molecule has 88 valence electrons. The van der Waals surface area contributed by atoms with E-state index in [1.165, 1.54) is 22.3 Å². The molecule has 0 aliphatic carbocycles. The maximum Gasteiger partial charge on any atom is 0.0300 e. The van der Waals surface area contributed by atoms with Crippen LogP contribution in [0.3, 0.4) is 0 Å². The first-order valence-electron chi connectivity index (χ1n) is 6.00. The number of hydrogen-bond acceptors (Lipinski definition) is 1. The van der Waals surface area contributed by atoms with Crippen molar-refractivity contribution in [1.82, 2.24) is 0 Å². The molecule has 0 aromatic heterocycles. The molecule has 0 aliphatic heterocycles. The summed E-state index contributed by atoms with van der Waals surface area (Å²) in [6.07, 6.45) is 5.17. The first kappa shape index (κ1) is 13.0. The average Bonchev–Trinajstić information content (AvgIpc) is 2.16. The maximum atomic E-state index is 6.25. The SMILES string of the molecule is C=CCCCC(N)c1c(C)cc(C)cc1C. The predicted octanol–water partition coefficient (Wildman–Crippen LogP) is 3.97. The highest BCUT2D eigenvalue weighted by Crippen LogP contribution is 2.25. The summed E-state index contributed by atoms with van der Waals surface area (Å²) in [6.45, 7) is 10.2. The van der Waals surface area contributed by atoms with E-state index in [0.717, 1.165) is 19.3 Å². The molecular weight excluding hydrogens is 194 g/mol. The lowest BCUT2D eigenvalue weighted by Crippen LogP contribution is -2.13. The standard InChI is InChI=1S/C15H23N/c1-5-6-7-8-14(16)15-12(3)9-11(2)10-13(15)4/h5,9-10,14H,1,6-8,16H2,2-4H3. The largest absolute Gasteiger partial charge is 0.324 e. The first-order valence-corrected chi connectivity index (χ1v) is 6.00. The Morgan fingerprint density at radius 2 is 1.81 bits per heavy atom. The molecule has 1 aromatic rings. The van der Waals surface area contributed by atoms with Crippen molar-refractivity contribution in [2.24, 2.45) is 5.73 Å². The lowest BCUT2D eigenvalue weighted by atomic mass is 9.92. The van der Waals surface area contributed by atoms with E-state index in [1.54, 1.807) is 0 Å². The van der Waals surface area contributed by atoms with Crippen LogP contribution in [0, 0.1) is 20.8 Å². The van der Waals surface area contributed by atoms with Crippen LogP contribution in [0.15, 0.2) is 24.8 Å². The van der Waals surface area contributed by atoms with E-state index < -0.39 is 0 Å². The summed E-state index contributed by atoms with van der Waals surface area (Å²) in [5, 5.41) is 0. The van der Waals surface area contributed by atoms with Gasteiger partial charge in [0.2, 0.25) is 0 Å². The van der Waals surface area contributed by atoms with Gasteiger partial charge in [0.05, 0.1) is 0 Å². The lowest BCUT2D eigenvalue weighted by Gasteiger charge is -2.18. The summed E-state index contributed by atoms with van der Waals surface area (Å²) in [6, 6.07) is 4.60. The number of unbranched alkanes of at least 4 members (excludes halogenated alkanes) is 1. The van der Waals surface area contributed by atoms with Crippen molar-refractivity contribution in [2.75, 3.05) is 0 Å². The fourth-order valence-electron chi connectivity index (χ4n) is 2.40. The van der Waals surface area contributed by atoms with Crippen LogP contribution in [0.5, 0.6) is 0 Å². The van der Waals surface area contributed by atoms with Crippen molar-refractivity contribution in [1.29, 1.82) is 0 Å². The maximum absolute atomic E-state index is 6.25. The van der Waals surface area contributed by atoms with Gasteiger partial charge in [0.25, 0.3) is 0 Å². The van der Waals surface area contributed by atoms with Crippen LogP contribution in [0.1, 0.15) is 47.6 Å². The molecule has 1 heteroatoms. The molecule has 0 spiro atoms. The molecule has 0 amide bonds. The summed E-state index contributed by atoms with van der Waals surface area (Å²) >= 11 is 0.